The van der Waals surface area contributed by atoms with Crippen LogP contribution in [-0.2, 0) is 19.3 Å². The van der Waals surface area contributed by atoms with Crippen molar-refractivity contribution in [2.45, 2.75) is 19.3 Å². The summed E-state index contributed by atoms with van der Waals surface area (Å²) in [6, 6.07) is 14.6. The second-order valence-corrected chi connectivity index (χ2v) is 6.67. The summed E-state index contributed by atoms with van der Waals surface area (Å²) in [6.45, 7) is 2.42. The van der Waals surface area contributed by atoms with Crippen LogP contribution < -0.4 is 15.4 Å². The molecule has 0 atom stereocenters. The molecular formula is C21H26IN5O. The number of ether oxygens (including phenoxy) is 1. The van der Waals surface area contributed by atoms with E-state index in [0.29, 0.717) is 0 Å². The molecule has 0 radical (unpaired) electrons. The van der Waals surface area contributed by atoms with Crippen LogP contribution in [0.1, 0.15) is 17.0 Å². The van der Waals surface area contributed by atoms with Crippen LogP contribution in [0.5, 0.6) is 5.75 Å². The van der Waals surface area contributed by atoms with Crippen LogP contribution in [-0.4, -0.2) is 42.7 Å². The molecule has 1 aromatic heterocycles. The number of fused-ring (bicyclic) bond motifs is 2. The fraction of sp³-hybridized carbons (Fsp3) is 0.333. The Bertz CT molecular complexity index is 920. The van der Waals surface area contributed by atoms with Crippen LogP contribution in [0.15, 0.2) is 47.5 Å². The third-order valence-electron chi connectivity index (χ3n) is 4.78. The second-order valence-electron chi connectivity index (χ2n) is 6.67. The van der Waals surface area contributed by atoms with E-state index in [1.807, 2.05) is 24.3 Å². The molecule has 1 aliphatic rings. The number of imidazole rings is 1. The predicted molar refractivity (Wildman–Crippen MR) is 124 cm³/mol. The minimum Gasteiger partial charge on any atom is -0.493 e. The van der Waals surface area contributed by atoms with E-state index in [2.05, 4.69) is 43.8 Å². The Labute approximate surface area is 182 Å². The quantitative estimate of drug-likeness (QED) is 0.282. The topological polar surface area (TPSA) is 74.3 Å². The number of hydrogen-bond acceptors (Lipinski definition) is 3. The summed E-state index contributed by atoms with van der Waals surface area (Å²) in [6.07, 6.45) is 2.79. The fourth-order valence-corrected chi connectivity index (χ4v) is 3.36. The number of guanidine groups is 1. The maximum absolute atomic E-state index is 5.56. The highest BCUT2D eigenvalue weighted by molar-refractivity contribution is 14.0. The van der Waals surface area contributed by atoms with Gasteiger partial charge in [0.15, 0.2) is 5.96 Å². The van der Waals surface area contributed by atoms with E-state index in [0.717, 1.165) is 67.5 Å². The van der Waals surface area contributed by atoms with Crippen LogP contribution >= 0.6 is 24.0 Å². The zero-order valence-electron chi connectivity index (χ0n) is 16.0. The third-order valence-corrected chi connectivity index (χ3v) is 4.78. The molecule has 0 bridgehead atoms. The average molecular weight is 491 g/mol. The highest BCUT2D eigenvalue weighted by Gasteiger charge is 2.11. The Morgan fingerprint density at radius 3 is 2.79 bits per heavy atom. The van der Waals surface area contributed by atoms with Crippen molar-refractivity contribution in [1.29, 1.82) is 0 Å². The first-order chi connectivity index (χ1) is 13.3. The van der Waals surface area contributed by atoms with E-state index in [1.54, 1.807) is 7.05 Å². The molecule has 3 aromatic rings. The summed E-state index contributed by atoms with van der Waals surface area (Å²) >= 11 is 0. The molecule has 0 saturated heterocycles. The number of aromatic amines is 1. The smallest absolute Gasteiger partial charge is 0.191 e. The van der Waals surface area contributed by atoms with Crippen molar-refractivity contribution in [2.75, 3.05) is 26.7 Å². The Kier molecular flexibility index (Phi) is 7.13. The van der Waals surface area contributed by atoms with Gasteiger partial charge in [-0.05, 0) is 35.7 Å². The van der Waals surface area contributed by atoms with Crippen molar-refractivity contribution < 1.29 is 4.74 Å². The SMILES string of the molecule is CN=C(NCCc1ccc2c(c1)CCO2)NCCc1nc2ccccc2[nH]1.I. The molecule has 0 saturated carbocycles. The molecular weight excluding hydrogens is 465 g/mol. The molecule has 0 spiro atoms. The molecule has 3 N–H and O–H groups in total. The Morgan fingerprint density at radius 1 is 1.14 bits per heavy atom. The lowest BCUT2D eigenvalue weighted by atomic mass is 10.1. The largest absolute Gasteiger partial charge is 0.493 e. The molecule has 2 heterocycles. The molecule has 0 amide bonds. The zero-order chi connectivity index (χ0) is 18.5. The molecule has 0 unspecified atom stereocenters. The lowest BCUT2D eigenvalue weighted by Gasteiger charge is -2.11. The molecule has 148 valence electrons. The average Bonchev–Trinajstić information content (AvgIpc) is 3.32. The highest BCUT2D eigenvalue weighted by Crippen LogP contribution is 2.25. The van der Waals surface area contributed by atoms with Gasteiger partial charge in [0.2, 0.25) is 0 Å². The van der Waals surface area contributed by atoms with E-state index in [9.17, 15) is 0 Å². The van der Waals surface area contributed by atoms with Gasteiger partial charge in [-0.2, -0.15) is 0 Å². The van der Waals surface area contributed by atoms with E-state index in [4.69, 9.17) is 4.74 Å². The third kappa shape index (κ3) is 4.95. The maximum Gasteiger partial charge on any atom is 0.191 e. The van der Waals surface area contributed by atoms with Gasteiger partial charge in [-0.1, -0.05) is 24.3 Å². The summed E-state index contributed by atoms with van der Waals surface area (Å²) in [5.74, 6) is 2.84. The Hall–Kier alpha value is -2.29. The number of halogens is 1. The van der Waals surface area contributed by atoms with Crippen molar-refractivity contribution in [3.05, 3.63) is 59.4 Å². The van der Waals surface area contributed by atoms with E-state index in [-0.39, 0.29) is 24.0 Å². The molecule has 0 aliphatic carbocycles. The minimum atomic E-state index is 0. The number of para-hydroxylation sites is 2. The minimum absolute atomic E-state index is 0. The second kappa shape index (κ2) is 9.77. The number of nitrogens with zero attached hydrogens (tertiary/aromatic N) is 2. The number of hydrogen-bond donors (Lipinski definition) is 3. The number of aromatic nitrogens is 2. The number of benzene rings is 2. The van der Waals surface area contributed by atoms with Gasteiger partial charge in [-0.15, -0.1) is 24.0 Å². The predicted octanol–water partition coefficient (Wildman–Crippen LogP) is 3.07. The summed E-state index contributed by atoms with van der Waals surface area (Å²) in [4.78, 5) is 12.2. The molecule has 4 rings (SSSR count). The van der Waals surface area contributed by atoms with Crippen molar-refractivity contribution in [3.63, 3.8) is 0 Å². The first-order valence-electron chi connectivity index (χ1n) is 9.44. The molecule has 28 heavy (non-hydrogen) atoms. The van der Waals surface area contributed by atoms with Crippen LogP contribution in [0.3, 0.4) is 0 Å². The van der Waals surface area contributed by atoms with Gasteiger partial charge in [-0.3, -0.25) is 4.99 Å². The number of H-pyrrole nitrogens is 1. The first-order valence-corrected chi connectivity index (χ1v) is 9.44. The molecule has 1 aliphatic heterocycles. The van der Waals surface area contributed by atoms with Crippen molar-refractivity contribution in [2.24, 2.45) is 4.99 Å². The van der Waals surface area contributed by atoms with Gasteiger partial charge in [0.05, 0.1) is 17.6 Å². The van der Waals surface area contributed by atoms with Crippen molar-refractivity contribution in [3.8, 4) is 5.75 Å². The summed E-state index contributed by atoms with van der Waals surface area (Å²) in [7, 11) is 1.79. The van der Waals surface area contributed by atoms with Gasteiger partial charge >= 0.3 is 0 Å². The highest BCUT2D eigenvalue weighted by atomic mass is 127. The normalized spacial score (nSPS) is 13.0. The van der Waals surface area contributed by atoms with Crippen LogP contribution in [0.4, 0.5) is 0 Å². The van der Waals surface area contributed by atoms with E-state index < -0.39 is 0 Å². The van der Waals surface area contributed by atoms with Crippen LogP contribution in [0.25, 0.3) is 11.0 Å². The fourth-order valence-electron chi connectivity index (χ4n) is 3.36. The molecule has 2 aromatic carbocycles. The summed E-state index contributed by atoms with van der Waals surface area (Å²) in [5.41, 5.74) is 4.73. The standard InChI is InChI=1S/C21H25N5O.HI/c1-22-21(23-11-8-15-6-7-19-16(14-15)10-13-27-19)24-12-9-20-25-17-4-2-3-5-18(17)26-20;/h2-7,14H,8-13H2,1H3,(H,25,26)(H2,22,23,24);1H. The maximum atomic E-state index is 5.56. The van der Waals surface area contributed by atoms with E-state index >= 15 is 0 Å². The number of rotatable bonds is 6. The number of aliphatic imine (C=N–C) groups is 1. The Morgan fingerprint density at radius 2 is 1.96 bits per heavy atom. The summed E-state index contributed by atoms with van der Waals surface area (Å²) < 4.78 is 5.56. The van der Waals surface area contributed by atoms with Crippen LogP contribution in [0, 0.1) is 0 Å². The van der Waals surface area contributed by atoms with Crippen molar-refractivity contribution in [1.82, 2.24) is 20.6 Å². The lowest BCUT2D eigenvalue weighted by molar-refractivity contribution is 0.357. The molecule has 7 heteroatoms. The first kappa shape index (κ1) is 20.4. The number of nitrogens with one attached hydrogen (secondary N) is 3. The monoisotopic (exact) mass is 491 g/mol. The van der Waals surface area contributed by atoms with E-state index in [1.165, 1.54) is 11.1 Å². The van der Waals surface area contributed by atoms with Gasteiger partial charge in [0, 0.05) is 33.0 Å². The van der Waals surface area contributed by atoms with Gasteiger partial charge in [-0.25, -0.2) is 4.98 Å². The lowest BCUT2D eigenvalue weighted by Crippen LogP contribution is -2.39. The Balaban J connectivity index is 0.00000225. The van der Waals surface area contributed by atoms with Crippen LogP contribution in [0.2, 0.25) is 0 Å². The van der Waals surface area contributed by atoms with Gasteiger partial charge in [0.1, 0.15) is 11.6 Å². The zero-order valence-corrected chi connectivity index (χ0v) is 18.3. The van der Waals surface area contributed by atoms with Gasteiger partial charge < -0.3 is 20.4 Å². The molecule has 6 nitrogen and oxygen atoms in total. The summed E-state index contributed by atoms with van der Waals surface area (Å²) in [5, 5.41) is 6.72. The van der Waals surface area contributed by atoms with Gasteiger partial charge in [0.25, 0.3) is 0 Å². The molecule has 0 fully saturated rings. The van der Waals surface area contributed by atoms with Crippen molar-refractivity contribution >= 4 is 41.0 Å².